The van der Waals surface area contributed by atoms with Crippen molar-refractivity contribution in [1.82, 2.24) is 5.43 Å². The van der Waals surface area contributed by atoms with Crippen molar-refractivity contribution in [3.63, 3.8) is 0 Å². The van der Waals surface area contributed by atoms with Gasteiger partial charge in [0.25, 0.3) is 5.91 Å². The number of hydrogen-bond donors (Lipinski definition) is 1. The zero-order chi connectivity index (χ0) is 22.6. The Balaban J connectivity index is 1.73. The van der Waals surface area contributed by atoms with Crippen molar-refractivity contribution >= 4 is 55.4 Å². The number of halogens is 2. The van der Waals surface area contributed by atoms with Crippen LogP contribution < -0.4 is 9.73 Å². The average molecular weight is 525 g/mol. The van der Waals surface area contributed by atoms with Crippen LogP contribution in [-0.4, -0.2) is 26.8 Å². The number of hydrogen-bond acceptors (Lipinski definition) is 5. The Morgan fingerprint density at radius 1 is 1.23 bits per heavy atom. The molecule has 1 aromatic heterocycles. The maximum absolute atomic E-state index is 12.3. The third kappa shape index (κ3) is 5.96. The van der Waals surface area contributed by atoms with E-state index in [4.69, 9.17) is 16.0 Å². The van der Waals surface area contributed by atoms with Gasteiger partial charge in [-0.05, 0) is 58.7 Å². The average Bonchev–Trinajstić information content (AvgIpc) is 3.04. The molecular weight excluding hydrogens is 506 g/mol. The number of aryl methyl sites for hydroxylation is 1. The van der Waals surface area contributed by atoms with Crippen molar-refractivity contribution in [2.24, 2.45) is 5.10 Å². The maximum atomic E-state index is 12.3. The van der Waals surface area contributed by atoms with Gasteiger partial charge in [0.2, 0.25) is 10.0 Å². The summed E-state index contributed by atoms with van der Waals surface area (Å²) in [6, 6.07) is 14.9. The van der Waals surface area contributed by atoms with E-state index in [1.54, 1.807) is 49.4 Å². The van der Waals surface area contributed by atoms with Gasteiger partial charge in [-0.1, -0.05) is 29.8 Å². The van der Waals surface area contributed by atoms with E-state index in [9.17, 15) is 13.2 Å². The second kappa shape index (κ2) is 9.67. The number of furan rings is 1. The SMILES string of the molecule is Cc1oc(/C=N\NC(=O)c2ccc(N(Cc3ccccc3Cl)S(C)(=O)=O)cc2)cc1Br. The lowest BCUT2D eigenvalue weighted by Gasteiger charge is -2.23. The van der Waals surface area contributed by atoms with E-state index in [1.165, 1.54) is 22.7 Å². The van der Waals surface area contributed by atoms with Gasteiger partial charge in [0.1, 0.15) is 11.5 Å². The highest BCUT2D eigenvalue weighted by molar-refractivity contribution is 9.10. The van der Waals surface area contributed by atoms with E-state index in [1.807, 2.05) is 0 Å². The summed E-state index contributed by atoms with van der Waals surface area (Å²) in [6.07, 6.45) is 2.51. The molecule has 31 heavy (non-hydrogen) atoms. The van der Waals surface area contributed by atoms with Crippen LogP contribution in [0.25, 0.3) is 0 Å². The number of rotatable bonds is 7. The topological polar surface area (TPSA) is 92.0 Å². The molecule has 2 aromatic carbocycles. The molecular formula is C21H19BrClN3O4S. The van der Waals surface area contributed by atoms with E-state index in [-0.39, 0.29) is 6.54 Å². The minimum Gasteiger partial charge on any atom is -0.459 e. The van der Waals surface area contributed by atoms with Crippen LogP contribution in [0, 0.1) is 6.92 Å². The Hall–Kier alpha value is -2.62. The van der Waals surface area contributed by atoms with Crippen molar-refractivity contribution in [1.29, 1.82) is 0 Å². The lowest BCUT2D eigenvalue weighted by molar-refractivity contribution is 0.0955. The molecule has 0 spiro atoms. The fourth-order valence-electron chi connectivity index (χ4n) is 2.72. The van der Waals surface area contributed by atoms with Gasteiger partial charge in [0, 0.05) is 16.7 Å². The van der Waals surface area contributed by atoms with Crippen LogP contribution in [0.2, 0.25) is 5.02 Å². The Kier molecular flexibility index (Phi) is 7.19. The molecule has 162 valence electrons. The molecule has 1 heterocycles. The van der Waals surface area contributed by atoms with Crippen molar-refractivity contribution < 1.29 is 17.6 Å². The van der Waals surface area contributed by atoms with E-state index in [0.717, 1.165) is 10.7 Å². The van der Waals surface area contributed by atoms with E-state index < -0.39 is 15.9 Å². The predicted octanol–water partition coefficient (Wildman–Crippen LogP) is 4.73. The van der Waals surface area contributed by atoms with Crippen molar-refractivity contribution in [2.45, 2.75) is 13.5 Å². The highest BCUT2D eigenvalue weighted by atomic mass is 79.9. The summed E-state index contributed by atoms with van der Waals surface area (Å²) in [5.74, 6) is 0.751. The molecule has 0 atom stereocenters. The summed E-state index contributed by atoms with van der Waals surface area (Å²) >= 11 is 9.51. The molecule has 7 nitrogen and oxygen atoms in total. The fourth-order valence-corrected chi connectivity index (χ4v) is 4.10. The van der Waals surface area contributed by atoms with Crippen LogP contribution in [0.3, 0.4) is 0 Å². The molecule has 10 heteroatoms. The summed E-state index contributed by atoms with van der Waals surface area (Å²) < 4.78 is 32.1. The number of nitrogens with one attached hydrogen (secondary N) is 1. The lowest BCUT2D eigenvalue weighted by Crippen LogP contribution is -2.29. The summed E-state index contributed by atoms with van der Waals surface area (Å²) in [5, 5.41) is 4.35. The monoisotopic (exact) mass is 523 g/mol. The Labute approximate surface area is 193 Å². The number of nitrogens with zero attached hydrogens (tertiary/aromatic N) is 2. The third-order valence-electron chi connectivity index (χ3n) is 4.32. The summed E-state index contributed by atoms with van der Waals surface area (Å²) in [5.41, 5.74) is 3.82. The van der Waals surface area contributed by atoms with Gasteiger partial charge in [0.05, 0.1) is 29.2 Å². The molecule has 1 N–H and O–H groups in total. The summed E-state index contributed by atoms with van der Waals surface area (Å²) in [7, 11) is -3.58. The standard InChI is InChI=1S/C21H19BrClN3O4S/c1-14-19(22)11-18(30-14)12-24-25-21(27)15-7-9-17(10-8-15)26(31(2,28)29)13-16-5-3-4-6-20(16)23/h3-12H,13H2,1-2H3,(H,25,27)/b24-12-. The van der Waals surface area contributed by atoms with Crippen LogP contribution in [0.4, 0.5) is 5.69 Å². The minimum atomic E-state index is -3.58. The molecule has 0 aliphatic heterocycles. The normalized spacial score (nSPS) is 11.6. The largest absolute Gasteiger partial charge is 0.459 e. The maximum Gasteiger partial charge on any atom is 0.271 e. The third-order valence-corrected chi connectivity index (χ3v) is 6.62. The van der Waals surface area contributed by atoms with Gasteiger partial charge in [-0.3, -0.25) is 9.10 Å². The molecule has 3 rings (SSSR count). The number of hydrazone groups is 1. The number of carbonyl (C=O) groups is 1. The number of benzene rings is 2. The number of carbonyl (C=O) groups excluding carboxylic acids is 1. The second-order valence-electron chi connectivity index (χ2n) is 6.66. The summed E-state index contributed by atoms with van der Waals surface area (Å²) in [6.45, 7) is 1.87. The smallest absolute Gasteiger partial charge is 0.271 e. The van der Waals surface area contributed by atoms with Gasteiger partial charge >= 0.3 is 0 Å². The molecule has 0 saturated heterocycles. The van der Waals surface area contributed by atoms with E-state index >= 15 is 0 Å². The van der Waals surface area contributed by atoms with E-state index in [0.29, 0.717) is 33.4 Å². The first-order valence-corrected chi connectivity index (χ1v) is 12.1. The Bertz CT molecular complexity index is 1200. The Morgan fingerprint density at radius 3 is 2.48 bits per heavy atom. The van der Waals surface area contributed by atoms with E-state index in [2.05, 4.69) is 26.5 Å². The van der Waals surface area contributed by atoms with Crippen molar-refractivity contribution in [3.05, 3.63) is 86.7 Å². The molecule has 0 bridgehead atoms. The number of anilines is 1. The molecule has 0 fully saturated rings. The van der Waals surface area contributed by atoms with Crippen LogP contribution in [0.5, 0.6) is 0 Å². The molecule has 0 saturated carbocycles. The molecule has 0 unspecified atom stereocenters. The zero-order valence-corrected chi connectivity index (χ0v) is 19.8. The van der Waals surface area contributed by atoms with Crippen LogP contribution in [-0.2, 0) is 16.6 Å². The van der Waals surface area contributed by atoms with Gasteiger partial charge in [0.15, 0.2) is 0 Å². The van der Waals surface area contributed by atoms with Crippen molar-refractivity contribution in [2.75, 3.05) is 10.6 Å². The predicted molar refractivity (Wildman–Crippen MR) is 125 cm³/mol. The number of amides is 1. The zero-order valence-electron chi connectivity index (χ0n) is 16.7. The number of sulfonamides is 1. The molecule has 0 aliphatic carbocycles. The quantitative estimate of drug-likeness (QED) is 0.357. The molecule has 0 aliphatic rings. The fraction of sp³-hybridized carbons (Fsp3) is 0.143. The molecule has 0 radical (unpaired) electrons. The molecule has 1 amide bonds. The first kappa shape index (κ1) is 23.1. The highest BCUT2D eigenvalue weighted by Gasteiger charge is 2.19. The van der Waals surface area contributed by atoms with Crippen molar-refractivity contribution in [3.8, 4) is 0 Å². The van der Waals surface area contributed by atoms with Crippen LogP contribution in [0.1, 0.15) is 27.4 Å². The first-order chi connectivity index (χ1) is 14.6. The first-order valence-electron chi connectivity index (χ1n) is 9.05. The van der Waals surface area contributed by atoms with Crippen LogP contribution >= 0.6 is 27.5 Å². The highest BCUT2D eigenvalue weighted by Crippen LogP contribution is 2.24. The minimum absolute atomic E-state index is 0.0759. The van der Waals surface area contributed by atoms with Crippen LogP contribution in [0.15, 0.2) is 68.6 Å². The lowest BCUT2D eigenvalue weighted by atomic mass is 10.2. The van der Waals surface area contributed by atoms with Gasteiger partial charge in [-0.25, -0.2) is 13.8 Å². The Morgan fingerprint density at radius 2 is 1.90 bits per heavy atom. The van der Waals surface area contributed by atoms with Gasteiger partial charge in [-0.2, -0.15) is 5.10 Å². The second-order valence-corrected chi connectivity index (χ2v) is 9.83. The van der Waals surface area contributed by atoms with Gasteiger partial charge in [-0.15, -0.1) is 0 Å². The summed E-state index contributed by atoms with van der Waals surface area (Å²) in [4.78, 5) is 12.3. The van der Waals surface area contributed by atoms with Gasteiger partial charge < -0.3 is 4.42 Å². The molecule has 3 aromatic rings.